The molecule has 0 atom stereocenters. The first-order valence-corrected chi connectivity index (χ1v) is 27.5. The number of pyridine rings is 4. The van der Waals surface area contributed by atoms with Gasteiger partial charge in [0.15, 0.2) is 0 Å². The third-order valence-electron chi connectivity index (χ3n) is 12.4. The first-order valence-electron chi connectivity index (χ1n) is 21.7. The highest BCUT2D eigenvalue weighted by atomic mass is 28.4. The van der Waals surface area contributed by atoms with E-state index in [-0.39, 0.29) is 0 Å². The summed E-state index contributed by atoms with van der Waals surface area (Å²) in [6, 6.07) is 72.1. The molecule has 64 heavy (non-hydrogen) atoms. The van der Waals surface area contributed by atoms with E-state index < -0.39 is 16.8 Å². The minimum atomic E-state index is -2.73. The third kappa shape index (κ3) is 6.66. The Bertz CT molecular complexity index is 2730. The molecule has 9 aromatic rings. The third-order valence-corrected chi connectivity index (χ3v) is 18.6. The van der Waals surface area contributed by atoms with E-state index in [1.54, 1.807) is 0 Å². The van der Waals surface area contributed by atoms with Crippen LogP contribution in [-0.4, -0.2) is 36.7 Å². The molecule has 8 nitrogen and oxygen atoms in total. The Morgan fingerprint density at radius 2 is 0.484 bits per heavy atom. The molecule has 10 heteroatoms. The molecule has 0 saturated heterocycles. The first-order chi connectivity index (χ1) is 31.3. The van der Waals surface area contributed by atoms with Gasteiger partial charge in [-0.2, -0.15) is 0 Å². The Morgan fingerprint density at radius 1 is 0.266 bits per heavy atom. The van der Waals surface area contributed by atoms with Crippen molar-refractivity contribution in [3.63, 3.8) is 0 Å². The zero-order valence-electron chi connectivity index (χ0n) is 36.2. The standard InChI is InChI=1S/C54H46N8Si2/c1-63(2)59(51-33-17-29-43(55-51)39-21-9-5-10-22-39)47-37-49-50(38-48(47)60(63)52-34-18-30-44(56-52)40-23-11-6-12-24-40)62(54-36-20-32-46(58-54)42-27-15-8-16-28-42)64(3,4)61(49)53-35-19-31-45(57-53)41-25-13-7-14-26-41/h5-38H,1-4H3. The predicted molar refractivity (Wildman–Crippen MR) is 269 cm³/mol. The van der Waals surface area contributed by atoms with E-state index in [9.17, 15) is 0 Å². The second-order valence-electron chi connectivity index (χ2n) is 17.1. The smallest absolute Gasteiger partial charge is 0.269 e. The van der Waals surface area contributed by atoms with Gasteiger partial charge in [-0.3, -0.25) is 0 Å². The molecule has 0 fully saturated rings. The highest BCUT2D eigenvalue weighted by Crippen LogP contribution is 2.59. The summed E-state index contributed by atoms with van der Waals surface area (Å²) in [5.41, 5.74) is 12.4. The molecule has 0 N–H and O–H groups in total. The molecule has 310 valence electrons. The van der Waals surface area contributed by atoms with Gasteiger partial charge in [-0.05, 0) is 86.9 Å². The van der Waals surface area contributed by atoms with Crippen LogP contribution in [0.4, 0.5) is 46.0 Å². The summed E-state index contributed by atoms with van der Waals surface area (Å²) in [5, 5.41) is 0. The predicted octanol–water partition coefficient (Wildman–Crippen LogP) is 13.9. The Balaban J connectivity index is 1.16. The van der Waals surface area contributed by atoms with Crippen LogP contribution >= 0.6 is 0 Å². The SMILES string of the molecule is C[Si]1(C)N(c2cccc(-c3ccccc3)n2)c2cc3c(cc2N1c1cccc(-c2ccccc2)n1)N(c1cccc(-c2ccccc2)n1)[Si](C)(C)N3c1cccc(-c2ccccc2)n1. The van der Waals surface area contributed by atoms with Crippen molar-refractivity contribution in [2.45, 2.75) is 26.2 Å². The number of benzene rings is 5. The van der Waals surface area contributed by atoms with Crippen molar-refractivity contribution < 1.29 is 0 Å². The van der Waals surface area contributed by atoms with Crippen molar-refractivity contribution >= 4 is 62.8 Å². The monoisotopic (exact) mass is 862 g/mol. The Morgan fingerprint density at radius 3 is 0.703 bits per heavy atom. The number of hydrogen-bond donors (Lipinski definition) is 0. The Labute approximate surface area is 376 Å². The zero-order chi connectivity index (χ0) is 43.4. The molecular weight excluding hydrogens is 817 g/mol. The van der Waals surface area contributed by atoms with Crippen LogP contribution in [0.25, 0.3) is 45.0 Å². The van der Waals surface area contributed by atoms with E-state index in [0.717, 1.165) is 91.1 Å². The van der Waals surface area contributed by atoms with E-state index in [1.165, 1.54) is 0 Å². The topological polar surface area (TPSA) is 64.5 Å². The van der Waals surface area contributed by atoms with Crippen molar-refractivity contribution in [3.05, 3.63) is 206 Å². The van der Waals surface area contributed by atoms with Crippen LogP contribution in [0.2, 0.25) is 26.2 Å². The van der Waals surface area contributed by atoms with Crippen molar-refractivity contribution in [2.24, 2.45) is 0 Å². The van der Waals surface area contributed by atoms with E-state index in [0.29, 0.717) is 0 Å². The lowest BCUT2D eigenvalue weighted by Gasteiger charge is -2.38. The number of aromatic nitrogens is 4. The first kappa shape index (κ1) is 39.2. The number of nitrogens with zero attached hydrogens (tertiary/aromatic N) is 8. The molecule has 5 aromatic carbocycles. The second-order valence-corrected chi connectivity index (χ2v) is 24.9. The van der Waals surface area contributed by atoms with Crippen LogP contribution < -0.4 is 18.3 Å². The van der Waals surface area contributed by atoms with Gasteiger partial charge in [-0.25, -0.2) is 19.9 Å². The number of rotatable bonds is 8. The minimum absolute atomic E-state index is 0.903. The lowest BCUT2D eigenvalue weighted by Crippen LogP contribution is -2.55. The molecule has 2 aliphatic rings. The Hall–Kier alpha value is -7.67. The van der Waals surface area contributed by atoms with Crippen molar-refractivity contribution in [1.82, 2.24) is 19.9 Å². The summed E-state index contributed by atoms with van der Waals surface area (Å²) in [5.74, 6) is 3.61. The summed E-state index contributed by atoms with van der Waals surface area (Å²) >= 11 is 0. The fourth-order valence-electron chi connectivity index (χ4n) is 9.54. The van der Waals surface area contributed by atoms with Crippen LogP contribution in [0.3, 0.4) is 0 Å². The molecule has 0 aliphatic carbocycles. The summed E-state index contributed by atoms with van der Waals surface area (Å²) in [6.07, 6.45) is 0. The number of fused-ring (bicyclic) bond motifs is 2. The quantitative estimate of drug-likeness (QED) is 0.140. The van der Waals surface area contributed by atoms with E-state index in [4.69, 9.17) is 19.9 Å². The lowest BCUT2D eigenvalue weighted by atomic mass is 10.1. The second kappa shape index (κ2) is 15.6. The van der Waals surface area contributed by atoms with Gasteiger partial charge in [-0.1, -0.05) is 146 Å². The number of hydrogen-bond acceptors (Lipinski definition) is 8. The number of anilines is 8. The van der Waals surface area contributed by atoms with Gasteiger partial charge in [0.05, 0.1) is 45.5 Å². The van der Waals surface area contributed by atoms with Gasteiger partial charge in [-0.15, -0.1) is 0 Å². The van der Waals surface area contributed by atoms with Crippen LogP contribution in [-0.2, 0) is 0 Å². The molecule has 0 saturated carbocycles. The lowest BCUT2D eigenvalue weighted by molar-refractivity contribution is 1.18. The minimum Gasteiger partial charge on any atom is -0.333 e. The maximum atomic E-state index is 5.43. The average molecular weight is 863 g/mol. The van der Waals surface area contributed by atoms with Crippen LogP contribution in [0.15, 0.2) is 206 Å². The maximum Gasteiger partial charge on any atom is 0.269 e. The van der Waals surface area contributed by atoms with Gasteiger partial charge in [0.25, 0.3) is 16.8 Å². The molecule has 2 aliphatic heterocycles. The molecular formula is C54H46N8Si2. The van der Waals surface area contributed by atoms with Gasteiger partial charge >= 0.3 is 0 Å². The molecule has 0 spiro atoms. The van der Waals surface area contributed by atoms with Crippen molar-refractivity contribution in [1.29, 1.82) is 0 Å². The summed E-state index contributed by atoms with van der Waals surface area (Å²) in [7, 11) is -5.45. The van der Waals surface area contributed by atoms with Gasteiger partial charge < -0.3 is 18.3 Å². The largest absolute Gasteiger partial charge is 0.333 e. The average Bonchev–Trinajstić information content (AvgIpc) is 3.72. The van der Waals surface area contributed by atoms with E-state index in [1.807, 2.05) is 24.3 Å². The normalized spacial score (nSPS) is 14.7. The molecule has 6 heterocycles. The zero-order valence-corrected chi connectivity index (χ0v) is 38.2. The van der Waals surface area contributed by atoms with E-state index in [2.05, 4.69) is 226 Å². The molecule has 0 amide bonds. The fourth-order valence-corrected chi connectivity index (χ4v) is 15.8. The van der Waals surface area contributed by atoms with Crippen molar-refractivity contribution in [3.8, 4) is 45.0 Å². The molecule has 4 aromatic heterocycles. The molecule has 0 radical (unpaired) electrons. The van der Waals surface area contributed by atoms with Gasteiger partial charge in [0, 0.05) is 22.3 Å². The summed E-state index contributed by atoms with van der Waals surface area (Å²) in [4.78, 5) is 21.7. The molecule has 0 bridgehead atoms. The Kier molecular flexibility index (Phi) is 9.55. The van der Waals surface area contributed by atoms with Crippen LogP contribution in [0.5, 0.6) is 0 Å². The summed E-state index contributed by atoms with van der Waals surface area (Å²) < 4.78 is 10.1. The molecule has 11 rings (SSSR count). The van der Waals surface area contributed by atoms with Gasteiger partial charge in [0.1, 0.15) is 23.3 Å². The van der Waals surface area contributed by atoms with Crippen LogP contribution in [0.1, 0.15) is 0 Å². The van der Waals surface area contributed by atoms with Crippen molar-refractivity contribution in [2.75, 3.05) is 18.3 Å². The van der Waals surface area contributed by atoms with Crippen LogP contribution in [0, 0.1) is 0 Å². The van der Waals surface area contributed by atoms with Gasteiger partial charge in [0.2, 0.25) is 0 Å². The highest BCUT2D eigenvalue weighted by molar-refractivity contribution is 6.90. The fraction of sp³-hybridized carbons (Fsp3) is 0.0741. The van der Waals surface area contributed by atoms with E-state index >= 15 is 0 Å². The summed E-state index contributed by atoms with van der Waals surface area (Å²) in [6.45, 7) is 9.59. The molecule has 0 unspecified atom stereocenters. The highest BCUT2D eigenvalue weighted by Gasteiger charge is 2.53. The maximum absolute atomic E-state index is 5.43.